The van der Waals surface area contributed by atoms with Crippen LogP contribution in [-0.4, -0.2) is 62.2 Å². The lowest BCUT2D eigenvalue weighted by molar-refractivity contribution is -0.0567. The minimum Gasteiger partial charge on any atom is -0.388 e. The summed E-state index contributed by atoms with van der Waals surface area (Å²) in [6.07, 6.45) is 13.4. The molecule has 2 aliphatic rings. The number of pyridine rings is 1. The van der Waals surface area contributed by atoms with Crippen LogP contribution in [0.1, 0.15) is 66.6 Å². The predicted octanol–water partition coefficient (Wildman–Crippen LogP) is 4.82. The first-order chi connectivity index (χ1) is 18.6. The molecule has 0 unspecified atom stereocenters. The molecule has 1 aliphatic carbocycles. The molecule has 0 spiro atoms. The molecule has 8 heteroatoms. The second kappa shape index (κ2) is 12.7. The fourth-order valence-electron chi connectivity index (χ4n) is 5.61. The number of carbonyl (C=O) groups is 1. The van der Waals surface area contributed by atoms with Crippen molar-refractivity contribution in [1.29, 1.82) is 0 Å². The first kappa shape index (κ1) is 26.7. The Bertz CT molecular complexity index is 1200. The van der Waals surface area contributed by atoms with Gasteiger partial charge < -0.3 is 14.4 Å². The van der Waals surface area contributed by atoms with E-state index in [1.807, 2.05) is 18.3 Å². The van der Waals surface area contributed by atoms with Gasteiger partial charge in [0.05, 0.1) is 24.1 Å². The number of halogens is 1. The van der Waals surface area contributed by atoms with Crippen molar-refractivity contribution in [2.24, 2.45) is 0 Å². The number of rotatable bonds is 10. The Kier molecular flexibility index (Phi) is 8.94. The smallest absolute Gasteiger partial charge is 0.188 e. The summed E-state index contributed by atoms with van der Waals surface area (Å²) in [7, 11) is 0. The number of aromatic nitrogens is 3. The zero-order valence-electron chi connectivity index (χ0n) is 21.9. The van der Waals surface area contributed by atoms with Gasteiger partial charge >= 0.3 is 0 Å². The number of hydrogen-bond acceptors (Lipinski definition) is 6. The fourth-order valence-corrected chi connectivity index (χ4v) is 5.61. The fraction of sp³-hybridized carbons (Fsp3) is 0.500. The van der Waals surface area contributed by atoms with Crippen molar-refractivity contribution in [2.75, 3.05) is 19.7 Å². The third-order valence-electron chi connectivity index (χ3n) is 7.79. The summed E-state index contributed by atoms with van der Waals surface area (Å²) < 4.78 is 22.0. The highest BCUT2D eigenvalue weighted by Crippen LogP contribution is 2.26. The molecule has 3 aromatic rings. The number of nitrogens with zero attached hydrogens (tertiary/aromatic N) is 4. The number of ketones is 1. The Labute approximate surface area is 223 Å². The minimum absolute atomic E-state index is 0.247. The molecule has 202 valence electrons. The van der Waals surface area contributed by atoms with Crippen LogP contribution in [0.25, 0.3) is 11.5 Å². The number of ether oxygens (including phenoxy) is 1. The van der Waals surface area contributed by atoms with Crippen LogP contribution in [0.5, 0.6) is 0 Å². The number of likely N-dealkylation sites (tertiary alicyclic amines) is 1. The van der Waals surface area contributed by atoms with Crippen molar-refractivity contribution in [3.63, 3.8) is 0 Å². The van der Waals surface area contributed by atoms with Crippen molar-refractivity contribution >= 4 is 5.78 Å². The second-order valence-electron chi connectivity index (χ2n) is 10.5. The van der Waals surface area contributed by atoms with Gasteiger partial charge in [0.15, 0.2) is 11.6 Å². The molecule has 1 aliphatic heterocycles. The van der Waals surface area contributed by atoms with Gasteiger partial charge in [-0.25, -0.2) is 9.37 Å². The molecule has 1 aromatic carbocycles. The SMILES string of the molecule is O=C(CO)c1ccnc(-c2ncc(CN3CCC(OC4CCCCC4)CC3)n2CCc2ccc(F)cc2)c1. The standard InChI is InChI=1S/C30H37FN4O3/c31-24-8-6-22(7-9-24)11-17-35-25(19-33-30(35)28-18-23(10-14-32-28)29(37)21-36)20-34-15-12-27(13-16-34)38-26-4-2-1-3-5-26/h6-10,14,18-19,26-27,36H,1-5,11-13,15-17,20-21H2. The highest BCUT2D eigenvalue weighted by molar-refractivity contribution is 5.97. The number of benzene rings is 1. The van der Waals surface area contributed by atoms with E-state index in [0.29, 0.717) is 42.3 Å². The molecule has 0 amide bonds. The van der Waals surface area contributed by atoms with Gasteiger partial charge in [0.25, 0.3) is 0 Å². The molecule has 2 aromatic heterocycles. The number of imidazole rings is 1. The number of Topliss-reactive ketones (excluding diaryl/α,β-unsaturated/α-hetero) is 1. The van der Waals surface area contributed by atoms with E-state index in [-0.39, 0.29) is 11.6 Å². The molecule has 7 nitrogen and oxygen atoms in total. The largest absolute Gasteiger partial charge is 0.388 e. The third kappa shape index (κ3) is 6.73. The van der Waals surface area contributed by atoms with Gasteiger partial charge in [-0.05, 0) is 61.9 Å². The summed E-state index contributed by atoms with van der Waals surface area (Å²) in [5.41, 5.74) is 3.12. The van der Waals surface area contributed by atoms with Crippen molar-refractivity contribution in [2.45, 2.75) is 76.7 Å². The second-order valence-corrected chi connectivity index (χ2v) is 10.5. The van der Waals surface area contributed by atoms with Gasteiger partial charge in [-0.2, -0.15) is 0 Å². The first-order valence-corrected chi connectivity index (χ1v) is 13.9. The molecule has 2 fully saturated rings. The van der Waals surface area contributed by atoms with E-state index in [0.717, 1.165) is 43.7 Å². The lowest BCUT2D eigenvalue weighted by atomic mass is 9.97. The van der Waals surface area contributed by atoms with Crippen LogP contribution in [0.15, 0.2) is 48.8 Å². The maximum Gasteiger partial charge on any atom is 0.188 e. The number of piperidine rings is 1. The van der Waals surface area contributed by atoms with Crippen molar-refractivity contribution < 1.29 is 19.0 Å². The Hall–Kier alpha value is -2.94. The van der Waals surface area contributed by atoms with Gasteiger partial charge in [0, 0.05) is 37.9 Å². The molecule has 0 atom stereocenters. The zero-order valence-corrected chi connectivity index (χ0v) is 21.9. The molecule has 5 rings (SSSR count). The number of aliphatic hydroxyl groups is 1. The van der Waals surface area contributed by atoms with Gasteiger partial charge in [-0.1, -0.05) is 31.4 Å². The van der Waals surface area contributed by atoms with Crippen molar-refractivity contribution in [1.82, 2.24) is 19.4 Å². The minimum atomic E-state index is -0.547. The Morgan fingerprint density at radius 2 is 1.74 bits per heavy atom. The first-order valence-electron chi connectivity index (χ1n) is 13.9. The Balaban J connectivity index is 1.30. The normalized spacial score (nSPS) is 17.6. The molecular formula is C30H37FN4O3. The lowest BCUT2D eigenvalue weighted by Crippen LogP contribution is -2.38. The summed E-state index contributed by atoms with van der Waals surface area (Å²) in [5.74, 6) is 0.0880. The molecule has 1 N–H and O–H groups in total. The summed E-state index contributed by atoms with van der Waals surface area (Å²) in [4.78, 5) is 23.7. The van der Waals surface area contributed by atoms with E-state index in [4.69, 9.17) is 9.72 Å². The monoisotopic (exact) mass is 520 g/mol. The van der Waals surface area contributed by atoms with Crippen LogP contribution in [0.3, 0.4) is 0 Å². The third-order valence-corrected chi connectivity index (χ3v) is 7.79. The van der Waals surface area contributed by atoms with Gasteiger partial charge in [-0.3, -0.25) is 14.7 Å². The number of hydrogen-bond donors (Lipinski definition) is 1. The van der Waals surface area contributed by atoms with Crippen LogP contribution in [0.4, 0.5) is 4.39 Å². The van der Waals surface area contributed by atoms with Gasteiger partial charge in [0.2, 0.25) is 0 Å². The average molecular weight is 521 g/mol. The van der Waals surface area contributed by atoms with E-state index < -0.39 is 6.61 Å². The van der Waals surface area contributed by atoms with Crippen LogP contribution >= 0.6 is 0 Å². The van der Waals surface area contributed by atoms with E-state index in [1.54, 1.807) is 18.3 Å². The maximum absolute atomic E-state index is 13.4. The van der Waals surface area contributed by atoms with E-state index >= 15 is 0 Å². The average Bonchev–Trinajstić information content (AvgIpc) is 3.36. The predicted molar refractivity (Wildman–Crippen MR) is 143 cm³/mol. The zero-order chi connectivity index (χ0) is 26.3. The quantitative estimate of drug-likeness (QED) is 0.386. The van der Waals surface area contributed by atoms with Gasteiger partial charge in [-0.15, -0.1) is 0 Å². The van der Waals surface area contributed by atoms with Crippen LogP contribution in [0.2, 0.25) is 0 Å². The highest BCUT2D eigenvalue weighted by Gasteiger charge is 2.25. The topological polar surface area (TPSA) is 80.5 Å². The summed E-state index contributed by atoms with van der Waals surface area (Å²) >= 11 is 0. The molecule has 1 saturated carbocycles. The maximum atomic E-state index is 13.4. The summed E-state index contributed by atoms with van der Waals surface area (Å²) in [5, 5.41) is 9.30. The van der Waals surface area contributed by atoms with Crippen LogP contribution in [-0.2, 0) is 24.2 Å². The number of aliphatic hydroxyl groups excluding tert-OH is 1. The van der Waals surface area contributed by atoms with E-state index in [1.165, 1.54) is 44.2 Å². The van der Waals surface area contributed by atoms with Crippen molar-refractivity contribution in [3.05, 3.63) is 71.4 Å². The molecule has 38 heavy (non-hydrogen) atoms. The molecule has 3 heterocycles. The summed E-state index contributed by atoms with van der Waals surface area (Å²) in [6.45, 7) is 2.83. The highest BCUT2D eigenvalue weighted by atomic mass is 19.1. The molecule has 0 radical (unpaired) electrons. The van der Waals surface area contributed by atoms with Crippen molar-refractivity contribution in [3.8, 4) is 11.5 Å². The number of carbonyl (C=O) groups excluding carboxylic acids is 1. The van der Waals surface area contributed by atoms with Crippen LogP contribution < -0.4 is 0 Å². The van der Waals surface area contributed by atoms with Gasteiger partial charge in [0.1, 0.15) is 18.1 Å². The molecular weight excluding hydrogens is 483 g/mol. The number of aryl methyl sites for hydroxylation is 1. The lowest BCUT2D eigenvalue weighted by Gasteiger charge is -2.35. The molecule has 1 saturated heterocycles. The van der Waals surface area contributed by atoms with E-state index in [2.05, 4.69) is 14.5 Å². The van der Waals surface area contributed by atoms with E-state index in [9.17, 15) is 14.3 Å². The Morgan fingerprint density at radius 1 is 1.00 bits per heavy atom. The Morgan fingerprint density at radius 3 is 2.47 bits per heavy atom. The summed E-state index contributed by atoms with van der Waals surface area (Å²) in [6, 6.07) is 9.87. The molecule has 0 bridgehead atoms. The van der Waals surface area contributed by atoms with Crippen LogP contribution in [0, 0.1) is 5.82 Å².